The Morgan fingerprint density at radius 2 is 1.61 bits per heavy atom. The van der Waals surface area contributed by atoms with Crippen LogP contribution in [0.4, 0.5) is 5.69 Å². The highest BCUT2D eigenvalue weighted by molar-refractivity contribution is 5.85. The van der Waals surface area contributed by atoms with E-state index in [0.717, 1.165) is 23.4 Å². The third kappa shape index (κ3) is 4.29. The van der Waals surface area contributed by atoms with Gasteiger partial charge in [-0.15, -0.1) is 0 Å². The van der Waals surface area contributed by atoms with E-state index in [4.69, 9.17) is 4.74 Å². The summed E-state index contributed by atoms with van der Waals surface area (Å²) in [5.74, 6) is 0.846. The number of nitrogens with zero attached hydrogens (tertiary/aromatic N) is 1. The third-order valence-electron chi connectivity index (χ3n) is 4.84. The number of aryl methyl sites for hydroxylation is 1. The van der Waals surface area contributed by atoms with Crippen molar-refractivity contribution in [1.82, 2.24) is 0 Å². The summed E-state index contributed by atoms with van der Waals surface area (Å²) in [7, 11) is 0. The maximum atomic E-state index is 6.06. The molecule has 0 aliphatic rings. The smallest absolute Gasteiger partial charge is 0.120 e. The van der Waals surface area contributed by atoms with Gasteiger partial charge in [-0.2, -0.15) is 0 Å². The lowest BCUT2D eigenvalue weighted by atomic mass is 10.1. The van der Waals surface area contributed by atoms with Crippen molar-refractivity contribution >= 4 is 22.7 Å². The fraction of sp³-hybridized carbons (Fsp3) is 0.115. The SMILES string of the molecule is CCc1ccc(N=Cc2cccc(OCc3cccc4ccccc34)c2)cc1. The predicted octanol–water partition coefficient (Wildman–Crippen LogP) is 6.73. The molecule has 0 aromatic heterocycles. The monoisotopic (exact) mass is 365 g/mol. The molecule has 0 aliphatic carbocycles. The molecule has 0 radical (unpaired) electrons. The molecule has 28 heavy (non-hydrogen) atoms. The molecular weight excluding hydrogens is 342 g/mol. The predicted molar refractivity (Wildman–Crippen MR) is 118 cm³/mol. The molecule has 0 amide bonds. The van der Waals surface area contributed by atoms with Gasteiger partial charge in [-0.1, -0.05) is 73.7 Å². The zero-order valence-corrected chi connectivity index (χ0v) is 16.0. The molecule has 0 spiro atoms. The topological polar surface area (TPSA) is 21.6 Å². The maximum absolute atomic E-state index is 6.06. The second-order valence-electron chi connectivity index (χ2n) is 6.78. The van der Waals surface area contributed by atoms with Gasteiger partial charge in [0.25, 0.3) is 0 Å². The summed E-state index contributed by atoms with van der Waals surface area (Å²) in [6, 6.07) is 31.1. The quantitative estimate of drug-likeness (QED) is 0.347. The van der Waals surface area contributed by atoms with Gasteiger partial charge in [0.2, 0.25) is 0 Å². The lowest BCUT2D eigenvalue weighted by Gasteiger charge is -2.09. The Balaban J connectivity index is 1.46. The van der Waals surface area contributed by atoms with Crippen LogP contribution >= 0.6 is 0 Å². The summed E-state index contributed by atoms with van der Waals surface area (Å²) in [4.78, 5) is 4.57. The highest BCUT2D eigenvalue weighted by atomic mass is 16.5. The second-order valence-corrected chi connectivity index (χ2v) is 6.78. The van der Waals surface area contributed by atoms with E-state index in [2.05, 4.69) is 78.6 Å². The van der Waals surface area contributed by atoms with E-state index in [0.29, 0.717) is 6.61 Å². The van der Waals surface area contributed by atoms with Gasteiger partial charge >= 0.3 is 0 Å². The fourth-order valence-corrected chi connectivity index (χ4v) is 3.23. The number of fused-ring (bicyclic) bond motifs is 1. The number of ether oxygens (including phenoxy) is 1. The van der Waals surface area contributed by atoms with E-state index in [-0.39, 0.29) is 0 Å². The average molecular weight is 365 g/mol. The van der Waals surface area contributed by atoms with Gasteiger partial charge in [0.05, 0.1) is 5.69 Å². The van der Waals surface area contributed by atoms with Crippen molar-refractivity contribution in [1.29, 1.82) is 0 Å². The molecule has 138 valence electrons. The Kier molecular flexibility index (Phi) is 5.48. The van der Waals surface area contributed by atoms with Crippen LogP contribution in [0.1, 0.15) is 23.6 Å². The Morgan fingerprint density at radius 1 is 0.821 bits per heavy atom. The summed E-state index contributed by atoms with van der Waals surface area (Å²) in [6.45, 7) is 2.70. The van der Waals surface area contributed by atoms with Gasteiger partial charge in [-0.3, -0.25) is 4.99 Å². The Hall–Kier alpha value is -3.39. The first-order valence-electron chi connectivity index (χ1n) is 9.64. The van der Waals surface area contributed by atoms with Crippen molar-refractivity contribution in [2.24, 2.45) is 4.99 Å². The van der Waals surface area contributed by atoms with Crippen molar-refractivity contribution in [3.05, 3.63) is 108 Å². The van der Waals surface area contributed by atoms with Gasteiger partial charge < -0.3 is 4.74 Å². The minimum atomic E-state index is 0.542. The summed E-state index contributed by atoms with van der Waals surface area (Å²) in [5, 5.41) is 2.47. The van der Waals surface area contributed by atoms with Crippen LogP contribution in [0.5, 0.6) is 5.75 Å². The normalized spacial score (nSPS) is 11.2. The van der Waals surface area contributed by atoms with Crippen molar-refractivity contribution < 1.29 is 4.74 Å². The van der Waals surface area contributed by atoms with E-state index in [1.807, 2.05) is 30.5 Å². The molecule has 0 N–H and O–H groups in total. The number of aliphatic imine (C=N–C) groups is 1. The molecular formula is C26H23NO. The Morgan fingerprint density at radius 3 is 2.46 bits per heavy atom. The van der Waals surface area contributed by atoms with Crippen molar-refractivity contribution in [2.75, 3.05) is 0 Å². The molecule has 0 atom stereocenters. The largest absolute Gasteiger partial charge is 0.489 e. The van der Waals surface area contributed by atoms with E-state index in [1.54, 1.807) is 0 Å². The first-order valence-corrected chi connectivity index (χ1v) is 9.64. The molecule has 2 heteroatoms. The van der Waals surface area contributed by atoms with E-state index in [9.17, 15) is 0 Å². The molecule has 2 nitrogen and oxygen atoms in total. The Labute approximate surface area is 166 Å². The summed E-state index contributed by atoms with van der Waals surface area (Å²) in [5.41, 5.74) is 4.49. The molecule has 4 rings (SSSR count). The number of benzene rings is 4. The minimum Gasteiger partial charge on any atom is -0.489 e. The van der Waals surface area contributed by atoms with E-state index < -0.39 is 0 Å². The lowest BCUT2D eigenvalue weighted by Crippen LogP contribution is -1.97. The summed E-state index contributed by atoms with van der Waals surface area (Å²) >= 11 is 0. The minimum absolute atomic E-state index is 0.542. The summed E-state index contributed by atoms with van der Waals surface area (Å²) in [6.07, 6.45) is 2.92. The standard InChI is InChI=1S/C26H23NO/c1-2-20-13-15-24(16-14-20)27-18-21-7-5-11-25(17-21)28-19-23-10-6-9-22-8-3-4-12-26(22)23/h3-18H,2,19H2,1H3. The van der Waals surface area contributed by atoms with Crippen molar-refractivity contribution in [2.45, 2.75) is 20.0 Å². The number of hydrogen-bond donors (Lipinski definition) is 0. The Bertz CT molecular complexity index is 1090. The molecule has 4 aromatic rings. The van der Waals surface area contributed by atoms with Gasteiger partial charge in [-0.05, 0) is 58.1 Å². The second kappa shape index (κ2) is 8.53. The number of rotatable bonds is 6. The third-order valence-corrected chi connectivity index (χ3v) is 4.84. The molecule has 0 saturated heterocycles. The fourth-order valence-electron chi connectivity index (χ4n) is 3.23. The number of hydrogen-bond acceptors (Lipinski definition) is 2. The van der Waals surface area contributed by atoms with Crippen molar-refractivity contribution in [3.8, 4) is 5.75 Å². The van der Waals surface area contributed by atoms with Gasteiger partial charge in [0, 0.05) is 6.21 Å². The highest BCUT2D eigenvalue weighted by Gasteiger charge is 2.02. The average Bonchev–Trinajstić information content (AvgIpc) is 2.77. The zero-order valence-electron chi connectivity index (χ0n) is 16.0. The van der Waals surface area contributed by atoms with Crippen LogP contribution in [-0.4, -0.2) is 6.21 Å². The highest BCUT2D eigenvalue weighted by Crippen LogP contribution is 2.21. The molecule has 4 aromatic carbocycles. The van der Waals surface area contributed by atoms with Gasteiger partial charge in [-0.25, -0.2) is 0 Å². The molecule has 0 fully saturated rings. The molecule has 0 saturated carbocycles. The maximum Gasteiger partial charge on any atom is 0.120 e. The summed E-state index contributed by atoms with van der Waals surface area (Å²) < 4.78 is 6.06. The van der Waals surface area contributed by atoms with Gasteiger partial charge in [0.1, 0.15) is 12.4 Å². The first-order chi connectivity index (χ1) is 13.8. The van der Waals surface area contributed by atoms with Crippen molar-refractivity contribution in [3.63, 3.8) is 0 Å². The molecule has 0 bridgehead atoms. The van der Waals surface area contributed by atoms with Crippen LogP contribution in [0.25, 0.3) is 10.8 Å². The van der Waals surface area contributed by atoms with E-state index >= 15 is 0 Å². The lowest BCUT2D eigenvalue weighted by molar-refractivity contribution is 0.307. The van der Waals surface area contributed by atoms with Crippen LogP contribution < -0.4 is 4.74 Å². The van der Waals surface area contributed by atoms with Crippen LogP contribution in [0.2, 0.25) is 0 Å². The van der Waals surface area contributed by atoms with Crippen LogP contribution in [0.3, 0.4) is 0 Å². The first kappa shape index (κ1) is 18.0. The van der Waals surface area contributed by atoms with E-state index in [1.165, 1.54) is 21.9 Å². The van der Waals surface area contributed by atoms with Gasteiger partial charge in [0.15, 0.2) is 0 Å². The molecule has 0 aliphatic heterocycles. The van der Waals surface area contributed by atoms with Crippen LogP contribution in [0, 0.1) is 0 Å². The molecule has 0 heterocycles. The van der Waals surface area contributed by atoms with Crippen LogP contribution in [-0.2, 0) is 13.0 Å². The zero-order chi connectivity index (χ0) is 19.2. The molecule has 0 unspecified atom stereocenters. The van der Waals surface area contributed by atoms with Crippen LogP contribution in [0.15, 0.2) is 96.0 Å².